The van der Waals surface area contributed by atoms with Crippen LogP contribution in [0.1, 0.15) is 0 Å². The number of rotatable bonds is 7. The maximum Gasteiger partial charge on any atom is 0.331 e. The maximum atomic E-state index is 12.1. The van der Waals surface area contributed by atoms with E-state index >= 15 is 0 Å². The lowest BCUT2D eigenvalue weighted by atomic mass is 10.4. The Morgan fingerprint density at radius 2 is 2.10 bits per heavy atom. The third-order valence-corrected chi connectivity index (χ3v) is 2.85. The van der Waals surface area contributed by atoms with Gasteiger partial charge in [0.25, 0.3) is 5.56 Å². The Morgan fingerprint density at radius 3 is 2.70 bits per heavy atom. The lowest BCUT2D eigenvalue weighted by Crippen LogP contribution is -2.43. The fourth-order valence-electron chi connectivity index (χ4n) is 1.67. The Balaban J connectivity index is 2.85. The Bertz CT molecular complexity index is 563. The quantitative estimate of drug-likeness (QED) is 0.626. The van der Waals surface area contributed by atoms with E-state index in [1.165, 1.54) is 31.3 Å². The number of hydrogen-bond acceptors (Lipinski definition) is 5. The second kappa shape index (κ2) is 7.61. The van der Waals surface area contributed by atoms with Crippen molar-refractivity contribution in [3.05, 3.63) is 33.1 Å². The molecule has 0 fully saturated rings. The summed E-state index contributed by atoms with van der Waals surface area (Å²) in [5.74, 6) is -0.322. The van der Waals surface area contributed by atoms with E-state index in [2.05, 4.69) is 0 Å². The van der Waals surface area contributed by atoms with E-state index in [-0.39, 0.29) is 25.6 Å². The largest absolute Gasteiger partial charge is 0.395 e. The van der Waals surface area contributed by atoms with Crippen LogP contribution in [0.5, 0.6) is 0 Å². The van der Waals surface area contributed by atoms with Crippen molar-refractivity contribution in [2.24, 2.45) is 7.05 Å². The molecule has 0 saturated carbocycles. The number of amides is 1. The van der Waals surface area contributed by atoms with Crippen molar-refractivity contribution in [1.82, 2.24) is 14.0 Å². The molecule has 1 aromatic rings. The summed E-state index contributed by atoms with van der Waals surface area (Å²) in [7, 11) is 2.86. The number of methoxy groups -OCH3 is 1. The molecule has 0 radical (unpaired) electrons. The number of nitrogens with zero attached hydrogens (tertiary/aromatic N) is 3. The number of aliphatic hydroxyl groups is 1. The van der Waals surface area contributed by atoms with Gasteiger partial charge in [-0.1, -0.05) is 0 Å². The molecule has 1 N–H and O–H groups in total. The number of hydrogen-bond donors (Lipinski definition) is 1. The van der Waals surface area contributed by atoms with Gasteiger partial charge in [0.05, 0.1) is 13.2 Å². The summed E-state index contributed by atoms with van der Waals surface area (Å²) in [6.45, 7) is 0.487. The number of ether oxygens (including phenoxy) is 1. The molecule has 0 spiro atoms. The topological polar surface area (TPSA) is 93.8 Å². The van der Waals surface area contributed by atoms with Crippen molar-refractivity contribution in [1.29, 1.82) is 0 Å². The molecule has 0 unspecified atom stereocenters. The van der Waals surface area contributed by atoms with E-state index in [1.807, 2.05) is 0 Å². The molecule has 0 bridgehead atoms. The standard InChI is InChI=1S/C12H19N3O5/c1-13-10(17)3-4-15(12(13)19)9-11(18)14(5-7-16)6-8-20-2/h3-4,16H,5-9H2,1-2H3. The van der Waals surface area contributed by atoms with Gasteiger partial charge < -0.3 is 14.7 Å². The van der Waals surface area contributed by atoms with Gasteiger partial charge in [0.1, 0.15) is 6.54 Å². The molecular weight excluding hydrogens is 266 g/mol. The van der Waals surface area contributed by atoms with Gasteiger partial charge in [0, 0.05) is 39.5 Å². The minimum absolute atomic E-state index is 0.169. The van der Waals surface area contributed by atoms with Crippen LogP contribution in [0.15, 0.2) is 21.9 Å². The van der Waals surface area contributed by atoms with Crippen molar-refractivity contribution in [2.75, 3.05) is 33.4 Å². The van der Waals surface area contributed by atoms with E-state index in [0.717, 1.165) is 9.13 Å². The van der Waals surface area contributed by atoms with E-state index in [4.69, 9.17) is 9.84 Å². The minimum atomic E-state index is -0.554. The van der Waals surface area contributed by atoms with Crippen LogP contribution in [0.3, 0.4) is 0 Å². The average molecular weight is 285 g/mol. The van der Waals surface area contributed by atoms with Crippen LogP contribution in [-0.2, 0) is 23.1 Å². The van der Waals surface area contributed by atoms with E-state index in [1.54, 1.807) is 0 Å². The van der Waals surface area contributed by atoms with Gasteiger partial charge in [-0.3, -0.25) is 18.7 Å². The summed E-state index contributed by atoms with van der Waals surface area (Å²) in [6, 6.07) is 1.22. The van der Waals surface area contributed by atoms with Gasteiger partial charge in [0.15, 0.2) is 0 Å². The average Bonchev–Trinajstić information content (AvgIpc) is 2.44. The van der Waals surface area contributed by atoms with Crippen LogP contribution in [0, 0.1) is 0 Å². The minimum Gasteiger partial charge on any atom is -0.395 e. The highest BCUT2D eigenvalue weighted by atomic mass is 16.5. The predicted molar refractivity (Wildman–Crippen MR) is 71.5 cm³/mol. The zero-order valence-corrected chi connectivity index (χ0v) is 11.6. The lowest BCUT2D eigenvalue weighted by Gasteiger charge is -2.21. The van der Waals surface area contributed by atoms with Crippen LogP contribution in [0.25, 0.3) is 0 Å². The van der Waals surface area contributed by atoms with Gasteiger partial charge in [-0.05, 0) is 0 Å². The van der Waals surface area contributed by atoms with Crippen molar-refractivity contribution in [3.8, 4) is 0 Å². The predicted octanol–water partition coefficient (Wildman–Crippen LogP) is -1.99. The molecule has 20 heavy (non-hydrogen) atoms. The summed E-state index contributed by atoms with van der Waals surface area (Å²) in [4.78, 5) is 36.5. The first-order chi connectivity index (χ1) is 9.51. The normalized spacial score (nSPS) is 10.6. The molecule has 1 aromatic heterocycles. The molecule has 112 valence electrons. The number of carbonyl (C=O) groups is 1. The first-order valence-electron chi connectivity index (χ1n) is 6.15. The van der Waals surface area contributed by atoms with Crippen molar-refractivity contribution >= 4 is 5.91 Å². The van der Waals surface area contributed by atoms with Gasteiger partial charge in [-0.15, -0.1) is 0 Å². The lowest BCUT2D eigenvalue weighted by molar-refractivity contribution is -0.133. The highest BCUT2D eigenvalue weighted by molar-refractivity contribution is 5.76. The molecule has 8 heteroatoms. The molecule has 0 atom stereocenters. The first-order valence-corrected chi connectivity index (χ1v) is 6.15. The molecule has 1 rings (SSSR count). The molecule has 8 nitrogen and oxygen atoms in total. The molecule has 0 aliphatic carbocycles. The van der Waals surface area contributed by atoms with Crippen LogP contribution in [0.4, 0.5) is 0 Å². The van der Waals surface area contributed by atoms with E-state index in [9.17, 15) is 14.4 Å². The van der Waals surface area contributed by atoms with Gasteiger partial charge in [-0.2, -0.15) is 0 Å². The zero-order chi connectivity index (χ0) is 15.1. The Labute approximate surface area is 115 Å². The highest BCUT2D eigenvalue weighted by Gasteiger charge is 2.14. The summed E-state index contributed by atoms with van der Waals surface area (Å²) in [5, 5.41) is 8.94. The maximum absolute atomic E-state index is 12.1. The summed E-state index contributed by atoms with van der Waals surface area (Å²) < 4.78 is 6.97. The third-order valence-electron chi connectivity index (χ3n) is 2.85. The monoisotopic (exact) mass is 285 g/mol. The summed E-state index contributed by atoms with van der Waals surface area (Å²) in [6.07, 6.45) is 1.29. The van der Waals surface area contributed by atoms with Crippen molar-refractivity contribution < 1.29 is 14.6 Å². The molecule has 0 aliphatic rings. The smallest absolute Gasteiger partial charge is 0.331 e. The second-order valence-electron chi connectivity index (χ2n) is 4.22. The van der Waals surface area contributed by atoms with E-state index in [0.29, 0.717) is 13.2 Å². The fourth-order valence-corrected chi connectivity index (χ4v) is 1.67. The Kier molecular flexibility index (Phi) is 6.13. The molecule has 0 saturated heterocycles. The van der Waals surface area contributed by atoms with Crippen molar-refractivity contribution in [2.45, 2.75) is 6.54 Å². The molecule has 0 aromatic carbocycles. The van der Waals surface area contributed by atoms with Crippen LogP contribution >= 0.6 is 0 Å². The molecule has 1 heterocycles. The van der Waals surface area contributed by atoms with E-state index < -0.39 is 11.2 Å². The van der Waals surface area contributed by atoms with Crippen molar-refractivity contribution in [3.63, 3.8) is 0 Å². The molecule has 1 amide bonds. The van der Waals surface area contributed by atoms with Crippen LogP contribution in [0.2, 0.25) is 0 Å². The third kappa shape index (κ3) is 4.04. The Hall–Kier alpha value is -1.93. The fraction of sp³-hybridized carbons (Fsp3) is 0.583. The molecule has 0 aliphatic heterocycles. The SMILES string of the molecule is COCCN(CCO)C(=O)Cn1ccc(=O)n(C)c1=O. The van der Waals surface area contributed by atoms with Crippen LogP contribution in [-0.4, -0.2) is 58.5 Å². The van der Waals surface area contributed by atoms with Gasteiger partial charge >= 0.3 is 5.69 Å². The van der Waals surface area contributed by atoms with Crippen LogP contribution < -0.4 is 11.2 Å². The highest BCUT2D eigenvalue weighted by Crippen LogP contribution is 1.93. The number of aliphatic hydroxyl groups excluding tert-OH is 1. The number of aromatic nitrogens is 2. The molecular formula is C12H19N3O5. The summed E-state index contributed by atoms with van der Waals surface area (Å²) in [5.41, 5.74) is -0.980. The second-order valence-corrected chi connectivity index (χ2v) is 4.22. The van der Waals surface area contributed by atoms with Gasteiger partial charge in [-0.25, -0.2) is 4.79 Å². The zero-order valence-electron chi connectivity index (χ0n) is 11.6. The summed E-state index contributed by atoms with van der Waals surface area (Å²) >= 11 is 0. The number of carbonyl (C=O) groups excluding carboxylic acids is 1. The Morgan fingerprint density at radius 1 is 1.40 bits per heavy atom. The van der Waals surface area contributed by atoms with Gasteiger partial charge in [0.2, 0.25) is 5.91 Å². The first kappa shape index (κ1) is 16.1.